The van der Waals surface area contributed by atoms with Gasteiger partial charge < -0.3 is 0 Å². The maximum absolute atomic E-state index is 4.34. The van der Waals surface area contributed by atoms with Crippen molar-refractivity contribution < 1.29 is 0 Å². The molecule has 0 unspecified atom stereocenters. The lowest BCUT2D eigenvalue weighted by molar-refractivity contribution is 0.589. The Hall–Kier alpha value is -0.110. The molecule has 0 aliphatic heterocycles. The van der Waals surface area contributed by atoms with Crippen LogP contribution in [0.3, 0.4) is 0 Å². The summed E-state index contributed by atoms with van der Waals surface area (Å²) in [5, 5.41) is 4.34. The fourth-order valence-corrected chi connectivity index (χ4v) is 2.90. The second-order valence-electron chi connectivity index (χ2n) is 4.98. The third-order valence-electron chi connectivity index (χ3n) is 2.64. The molecule has 0 radical (unpaired) electrons. The Balaban J connectivity index is 2.50. The molecule has 90 valence electrons. The largest absolute Gasteiger partial charge is 0.227 e. The minimum atomic E-state index is 0.190. The first-order chi connectivity index (χ1) is 7.89. The molecule has 0 atom stereocenters. The van der Waals surface area contributed by atoms with Gasteiger partial charge in [-0.1, -0.05) is 26.8 Å². The smallest absolute Gasteiger partial charge is 0.105 e. The van der Waals surface area contributed by atoms with Gasteiger partial charge in [-0.2, -0.15) is 5.10 Å². The summed E-state index contributed by atoms with van der Waals surface area (Å²) < 4.78 is 4.33. The van der Waals surface area contributed by atoms with Gasteiger partial charge in [-0.25, -0.2) is 4.68 Å². The third kappa shape index (κ3) is 2.83. The van der Waals surface area contributed by atoms with Gasteiger partial charge in [0, 0.05) is 3.57 Å². The molecule has 1 heterocycles. The normalized spacial score (nSPS) is 11.8. The fourth-order valence-electron chi connectivity index (χ4n) is 1.61. The van der Waals surface area contributed by atoms with E-state index in [4.69, 9.17) is 0 Å². The van der Waals surface area contributed by atoms with Crippen molar-refractivity contribution in [2.75, 3.05) is 0 Å². The van der Waals surface area contributed by atoms with Crippen LogP contribution in [-0.4, -0.2) is 9.78 Å². The number of rotatable bonds is 1. The maximum atomic E-state index is 4.34. The average Bonchev–Trinajstić information content (AvgIpc) is 2.63. The molecule has 4 heteroatoms. The Bertz CT molecular complexity index is 539. The van der Waals surface area contributed by atoms with Crippen LogP contribution in [0.25, 0.3) is 5.69 Å². The van der Waals surface area contributed by atoms with Crippen LogP contribution in [0.5, 0.6) is 0 Å². The van der Waals surface area contributed by atoms with Crippen molar-refractivity contribution in [1.29, 1.82) is 0 Å². The van der Waals surface area contributed by atoms with Crippen LogP contribution < -0.4 is 0 Å². The number of benzene rings is 1. The molecule has 0 spiro atoms. The minimum absolute atomic E-state index is 0.190. The van der Waals surface area contributed by atoms with Crippen molar-refractivity contribution in [1.82, 2.24) is 9.78 Å². The van der Waals surface area contributed by atoms with E-state index < -0.39 is 0 Å². The van der Waals surface area contributed by atoms with Gasteiger partial charge in [0.1, 0.15) is 3.70 Å². The Morgan fingerprint density at radius 2 is 1.82 bits per heavy atom. The topological polar surface area (TPSA) is 17.8 Å². The molecule has 0 N–H and O–H groups in total. The van der Waals surface area contributed by atoms with E-state index in [0.717, 1.165) is 9.39 Å². The quantitative estimate of drug-likeness (QED) is 0.588. The number of aromatic nitrogens is 2. The number of nitrogens with zero attached hydrogens (tertiary/aromatic N) is 2. The van der Waals surface area contributed by atoms with Gasteiger partial charge in [-0.05, 0) is 74.4 Å². The van der Waals surface area contributed by atoms with E-state index >= 15 is 0 Å². The van der Waals surface area contributed by atoms with Crippen LogP contribution in [0, 0.1) is 7.27 Å². The summed E-state index contributed by atoms with van der Waals surface area (Å²) in [5.74, 6) is 0. The summed E-state index contributed by atoms with van der Waals surface area (Å²) in [6, 6.07) is 8.59. The molecule has 0 amide bonds. The van der Waals surface area contributed by atoms with E-state index in [1.165, 1.54) is 9.13 Å². The fraction of sp³-hybridized carbons (Fsp3) is 0.308. The van der Waals surface area contributed by atoms with Crippen molar-refractivity contribution >= 4 is 45.2 Å². The predicted octanol–water partition coefficient (Wildman–Crippen LogP) is 4.38. The first-order valence-corrected chi connectivity index (χ1v) is 7.55. The van der Waals surface area contributed by atoms with Gasteiger partial charge in [0.2, 0.25) is 0 Å². The second kappa shape index (κ2) is 4.87. The second-order valence-corrected chi connectivity index (χ2v) is 7.25. The number of halogens is 2. The molecule has 1 aromatic heterocycles. The highest BCUT2D eigenvalue weighted by atomic mass is 127. The van der Waals surface area contributed by atoms with Crippen LogP contribution in [0.1, 0.15) is 26.3 Å². The van der Waals surface area contributed by atoms with Crippen LogP contribution in [0.15, 0.2) is 30.5 Å². The lowest BCUT2D eigenvalue weighted by Crippen LogP contribution is -2.12. The van der Waals surface area contributed by atoms with Crippen LogP contribution in [0.4, 0.5) is 0 Å². The number of hydrogen-bond donors (Lipinski definition) is 0. The van der Waals surface area contributed by atoms with Crippen molar-refractivity contribution in [2.45, 2.75) is 26.2 Å². The molecule has 0 bridgehead atoms. The van der Waals surface area contributed by atoms with Crippen LogP contribution in [0.2, 0.25) is 0 Å². The van der Waals surface area contributed by atoms with E-state index in [-0.39, 0.29) is 5.41 Å². The molecule has 2 aromatic rings. The van der Waals surface area contributed by atoms with Crippen LogP contribution in [-0.2, 0) is 5.41 Å². The summed E-state index contributed by atoms with van der Waals surface area (Å²) in [6.45, 7) is 6.70. The van der Waals surface area contributed by atoms with Crippen LogP contribution >= 0.6 is 45.2 Å². The number of hydrogen-bond acceptors (Lipinski definition) is 1. The summed E-state index contributed by atoms with van der Waals surface area (Å²) in [5.41, 5.74) is 2.69. The van der Waals surface area contributed by atoms with Crippen molar-refractivity contribution in [3.8, 4) is 5.69 Å². The first-order valence-electron chi connectivity index (χ1n) is 5.39. The Morgan fingerprint density at radius 3 is 2.29 bits per heavy atom. The average molecular weight is 452 g/mol. The molecule has 1 aromatic carbocycles. The van der Waals surface area contributed by atoms with Gasteiger partial charge in [0.15, 0.2) is 0 Å². The minimum Gasteiger partial charge on any atom is -0.227 e. The molecule has 0 aliphatic carbocycles. The highest BCUT2D eigenvalue weighted by Gasteiger charge is 2.15. The zero-order chi connectivity index (χ0) is 12.6. The van der Waals surface area contributed by atoms with Gasteiger partial charge in [-0.15, -0.1) is 0 Å². The highest BCUT2D eigenvalue weighted by Crippen LogP contribution is 2.27. The van der Waals surface area contributed by atoms with Gasteiger partial charge in [0.25, 0.3) is 0 Å². The van der Waals surface area contributed by atoms with E-state index in [2.05, 4.69) is 89.3 Å². The standard InChI is InChI=1S/C13H14I2N2/c1-13(2,3)9-4-5-11(10(14)8-9)17-12(15)6-7-16-17/h4-8H,1-3H3. The molecular formula is C13H14I2N2. The van der Waals surface area contributed by atoms with E-state index in [9.17, 15) is 0 Å². The summed E-state index contributed by atoms with van der Waals surface area (Å²) >= 11 is 4.68. The Kier molecular flexibility index (Phi) is 3.82. The Morgan fingerprint density at radius 1 is 1.12 bits per heavy atom. The zero-order valence-corrected chi connectivity index (χ0v) is 14.4. The van der Waals surface area contributed by atoms with E-state index in [0.29, 0.717) is 0 Å². The van der Waals surface area contributed by atoms with Gasteiger partial charge >= 0.3 is 0 Å². The molecule has 0 saturated heterocycles. The zero-order valence-electron chi connectivity index (χ0n) is 10.0. The molecule has 0 aliphatic rings. The van der Waals surface area contributed by atoms with Crippen molar-refractivity contribution in [2.24, 2.45) is 0 Å². The maximum Gasteiger partial charge on any atom is 0.105 e. The molecule has 0 saturated carbocycles. The van der Waals surface area contributed by atoms with Crippen molar-refractivity contribution in [3.63, 3.8) is 0 Å². The first kappa shape index (κ1) is 13.3. The predicted molar refractivity (Wildman–Crippen MR) is 87.7 cm³/mol. The third-order valence-corrected chi connectivity index (χ3v) is 4.32. The monoisotopic (exact) mass is 452 g/mol. The lowest BCUT2D eigenvalue weighted by Gasteiger charge is -2.20. The van der Waals surface area contributed by atoms with Gasteiger partial charge in [-0.3, -0.25) is 0 Å². The molecule has 17 heavy (non-hydrogen) atoms. The highest BCUT2D eigenvalue weighted by molar-refractivity contribution is 14.1. The summed E-state index contributed by atoms with van der Waals surface area (Å²) in [4.78, 5) is 0. The summed E-state index contributed by atoms with van der Waals surface area (Å²) in [6.07, 6.45) is 1.83. The molecule has 0 fully saturated rings. The summed E-state index contributed by atoms with van der Waals surface area (Å²) in [7, 11) is 0. The van der Waals surface area contributed by atoms with Gasteiger partial charge in [0.05, 0.1) is 11.9 Å². The van der Waals surface area contributed by atoms with E-state index in [1.807, 2.05) is 16.9 Å². The molecular weight excluding hydrogens is 438 g/mol. The SMILES string of the molecule is CC(C)(C)c1ccc(-n2nccc2I)c(I)c1. The van der Waals surface area contributed by atoms with Crippen molar-refractivity contribution in [3.05, 3.63) is 43.3 Å². The lowest BCUT2D eigenvalue weighted by atomic mass is 9.87. The molecule has 2 rings (SSSR count). The van der Waals surface area contributed by atoms with E-state index in [1.54, 1.807) is 0 Å². The Labute approximate surface area is 129 Å². The molecule has 2 nitrogen and oxygen atoms in total.